The van der Waals surface area contributed by atoms with Crippen LogP contribution >= 0.6 is 0 Å². The SMILES string of the molecule is CCNC(=NCC(=O)N1CCN(c2ccccc2)CC1)NCCOCC. The number of aliphatic imine (C=N–C) groups is 1. The molecule has 1 amide bonds. The third-order valence-electron chi connectivity index (χ3n) is 4.21. The number of amides is 1. The molecule has 1 aliphatic rings. The molecule has 1 heterocycles. The average Bonchev–Trinajstić information content (AvgIpc) is 2.70. The number of rotatable bonds is 8. The Hall–Kier alpha value is -2.28. The van der Waals surface area contributed by atoms with Gasteiger partial charge < -0.3 is 25.2 Å². The highest BCUT2D eigenvalue weighted by Crippen LogP contribution is 2.15. The molecule has 1 fully saturated rings. The van der Waals surface area contributed by atoms with Crippen molar-refractivity contribution < 1.29 is 9.53 Å². The summed E-state index contributed by atoms with van der Waals surface area (Å²) in [6, 6.07) is 10.3. The van der Waals surface area contributed by atoms with Crippen LogP contribution < -0.4 is 15.5 Å². The molecule has 26 heavy (non-hydrogen) atoms. The van der Waals surface area contributed by atoms with Crippen LogP contribution in [0.4, 0.5) is 5.69 Å². The summed E-state index contributed by atoms with van der Waals surface area (Å²) in [6.07, 6.45) is 0. The molecule has 1 aliphatic heterocycles. The third kappa shape index (κ3) is 6.55. The minimum absolute atomic E-state index is 0.0692. The molecule has 1 aromatic carbocycles. The summed E-state index contributed by atoms with van der Waals surface area (Å²) >= 11 is 0. The zero-order chi connectivity index (χ0) is 18.6. The molecule has 1 aromatic rings. The van der Waals surface area contributed by atoms with Crippen LogP contribution in [0.3, 0.4) is 0 Å². The number of carbonyl (C=O) groups excluding carboxylic acids is 1. The van der Waals surface area contributed by atoms with Crippen LogP contribution in [0.5, 0.6) is 0 Å². The van der Waals surface area contributed by atoms with Crippen LogP contribution in [-0.2, 0) is 9.53 Å². The number of anilines is 1. The Morgan fingerprint density at radius 3 is 2.50 bits per heavy atom. The summed E-state index contributed by atoms with van der Waals surface area (Å²) in [7, 11) is 0. The van der Waals surface area contributed by atoms with Gasteiger partial charge in [-0.15, -0.1) is 0 Å². The molecule has 2 N–H and O–H groups in total. The highest BCUT2D eigenvalue weighted by atomic mass is 16.5. The van der Waals surface area contributed by atoms with E-state index in [0.29, 0.717) is 25.7 Å². The summed E-state index contributed by atoms with van der Waals surface area (Å²) in [6.45, 7) is 10.1. The fraction of sp³-hybridized carbons (Fsp3) is 0.579. The van der Waals surface area contributed by atoms with E-state index in [0.717, 1.165) is 32.7 Å². The number of nitrogens with one attached hydrogen (secondary N) is 2. The van der Waals surface area contributed by atoms with Crippen molar-refractivity contribution in [3.8, 4) is 0 Å². The van der Waals surface area contributed by atoms with Gasteiger partial charge in [-0.1, -0.05) is 18.2 Å². The van der Waals surface area contributed by atoms with E-state index in [1.807, 2.05) is 36.9 Å². The number of guanidine groups is 1. The predicted molar refractivity (Wildman–Crippen MR) is 106 cm³/mol. The van der Waals surface area contributed by atoms with E-state index >= 15 is 0 Å². The van der Waals surface area contributed by atoms with E-state index in [-0.39, 0.29) is 12.5 Å². The van der Waals surface area contributed by atoms with Gasteiger partial charge in [-0.25, -0.2) is 4.99 Å². The number of para-hydroxylation sites is 1. The molecular weight excluding hydrogens is 330 g/mol. The van der Waals surface area contributed by atoms with Crippen molar-refractivity contribution in [3.63, 3.8) is 0 Å². The number of hydrogen-bond donors (Lipinski definition) is 2. The van der Waals surface area contributed by atoms with Crippen molar-refractivity contribution in [3.05, 3.63) is 30.3 Å². The quantitative estimate of drug-likeness (QED) is 0.410. The summed E-state index contributed by atoms with van der Waals surface area (Å²) in [5.74, 6) is 0.725. The molecule has 0 aliphatic carbocycles. The van der Waals surface area contributed by atoms with Gasteiger partial charge in [-0.2, -0.15) is 0 Å². The van der Waals surface area contributed by atoms with Gasteiger partial charge in [0.2, 0.25) is 5.91 Å². The molecule has 144 valence electrons. The second kappa shape index (κ2) is 11.4. The Kier molecular flexibility index (Phi) is 8.75. The highest BCUT2D eigenvalue weighted by Gasteiger charge is 2.20. The molecule has 0 saturated carbocycles. The first-order chi connectivity index (χ1) is 12.7. The number of benzene rings is 1. The molecule has 0 spiro atoms. The van der Waals surface area contributed by atoms with Gasteiger partial charge in [0, 0.05) is 51.6 Å². The predicted octanol–water partition coefficient (Wildman–Crippen LogP) is 0.927. The molecule has 0 atom stereocenters. The number of piperazine rings is 1. The standard InChI is InChI=1S/C19H31N5O2/c1-3-20-19(21-10-15-26-4-2)22-16-18(25)24-13-11-23(12-14-24)17-8-6-5-7-9-17/h5-9H,3-4,10-16H2,1-2H3,(H2,20,21,22). The number of ether oxygens (including phenoxy) is 1. The van der Waals surface area contributed by atoms with Crippen molar-refractivity contribution in [2.24, 2.45) is 4.99 Å². The Balaban J connectivity index is 1.77. The van der Waals surface area contributed by atoms with Crippen molar-refractivity contribution >= 4 is 17.6 Å². The Morgan fingerprint density at radius 1 is 1.12 bits per heavy atom. The maximum atomic E-state index is 12.4. The van der Waals surface area contributed by atoms with Crippen LogP contribution in [0.2, 0.25) is 0 Å². The van der Waals surface area contributed by atoms with Crippen molar-refractivity contribution in [1.82, 2.24) is 15.5 Å². The summed E-state index contributed by atoms with van der Waals surface area (Å²) in [5, 5.41) is 6.33. The second-order valence-corrected chi connectivity index (χ2v) is 6.02. The summed E-state index contributed by atoms with van der Waals surface area (Å²) in [5.41, 5.74) is 1.21. The van der Waals surface area contributed by atoms with Gasteiger partial charge in [-0.05, 0) is 26.0 Å². The molecule has 7 heteroatoms. The third-order valence-corrected chi connectivity index (χ3v) is 4.21. The Morgan fingerprint density at radius 2 is 1.85 bits per heavy atom. The van der Waals surface area contributed by atoms with Crippen molar-refractivity contribution in [1.29, 1.82) is 0 Å². The topological polar surface area (TPSA) is 69.2 Å². The van der Waals surface area contributed by atoms with Crippen LogP contribution in [0.15, 0.2) is 35.3 Å². The van der Waals surface area contributed by atoms with Gasteiger partial charge in [0.1, 0.15) is 6.54 Å². The lowest BCUT2D eigenvalue weighted by Gasteiger charge is -2.36. The van der Waals surface area contributed by atoms with E-state index in [1.165, 1.54) is 5.69 Å². The van der Waals surface area contributed by atoms with Gasteiger partial charge in [0.15, 0.2) is 5.96 Å². The molecule has 7 nitrogen and oxygen atoms in total. The summed E-state index contributed by atoms with van der Waals surface area (Å²) < 4.78 is 5.30. The Labute approximate surface area is 156 Å². The highest BCUT2D eigenvalue weighted by molar-refractivity contribution is 5.85. The lowest BCUT2D eigenvalue weighted by molar-refractivity contribution is -0.129. The average molecular weight is 361 g/mol. The molecule has 0 unspecified atom stereocenters. The van der Waals surface area contributed by atoms with Crippen molar-refractivity contribution in [2.75, 3.05) is 63.9 Å². The van der Waals surface area contributed by atoms with Gasteiger partial charge in [0.05, 0.1) is 6.61 Å². The van der Waals surface area contributed by atoms with Crippen LogP contribution in [-0.4, -0.2) is 75.8 Å². The Bertz CT molecular complexity index is 556. The minimum Gasteiger partial charge on any atom is -0.380 e. The van der Waals surface area contributed by atoms with Crippen LogP contribution in [0.25, 0.3) is 0 Å². The maximum absolute atomic E-state index is 12.4. The first-order valence-corrected chi connectivity index (χ1v) is 9.42. The van der Waals surface area contributed by atoms with Gasteiger partial charge in [0.25, 0.3) is 0 Å². The molecule has 0 aromatic heterocycles. The minimum atomic E-state index is 0.0692. The van der Waals surface area contributed by atoms with Crippen molar-refractivity contribution in [2.45, 2.75) is 13.8 Å². The maximum Gasteiger partial charge on any atom is 0.244 e. The van der Waals surface area contributed by atoms with E-state index < -0.39 is 0 Å². The number of carbonyl (C=O) groups is 1. The zero-order valence-corrected chi connectivity index (χ0v) is 15.9. The van der Waals surface area contributed by atoms with E-state index in [2.05, 4.69) is 32.7 Å². The largest absolute Gasteiger partial charge is 0.380 e. The first kappa shape index (κ1) is 20.0. The first-order valence-electron chi connectivity index (χ1n) is 9.42. The molecule has 0 bridgehead atoms. The van der Waals surface area contributed by atoms with E-state index in [1.54, 1.807) is 0 Å². The smallest absolute Gasteiger partial charge is 0.244 e. The molecule has 1 saturated heterocycles. The monoisotopic (exact) mass is 361 g/mol. The molecule has 0 radical (unpaired) electrons. The molecular formula is C19H31N5O2. The lowest BCUT2D eigenvalue weighted by atomic mass is 10.2. The second-order valence-electron chi connectivity index (χ2n) is 6.02. The van der Waals surface area contributed by atoms with Crippen LogP contribution in [0, 0.1) is 0 Å². The number of nitrogens with zero attached hydrogens (tertiary/aromatic N) is 3. The lowest BCUT2D eigenvalue weighted by Crippen LogP contribution is -2.49. The molecule has 2 rings (SSSR count). The normalized spacial score (nSPS) is 15.1. The van der Waals surface area contributed by atoms with Crippen LogP contribution in [0.1, 0.15) is 13.8 Å². The van der Waals surface area contributed by atoms with Gasteiger partial charge >= 0.3 is 0 Å². The van der Waals surface area contributed by atoms with E-state index in [4.69, 9.17) is 4.74 Å². The zero-order valence-electron chi connectivity index (χ0n) is 15.9. The van der Waals surface area contributed by atoms with Gasteiger partial charge in [-0.3, -0.25) is 4.79 Å². The fourth-order valence-corrected chi connectivity index (χ4v) is 2.83. The summed E-state index contributed by atoms with van der Waals surface area (Å²) in [4.78, 5) is 21.1. The number of hydrogen-bond acceptors (Lipinski definition) is 4. The fourth-order valence-electron chi connectivity index (χ4n) is 2.83. The van der Waals surface area contributed by atoms with E-state index in [9.17, 15) is 4.79 Å².